The van der Waals surface area contributed by atoms with Crippen molar-refractivity contribution in [1.82, 2.24) is 0 Å². The molecule has 0 aliphatic heterocycles. The largest absolute Gasteiger partial charge is 0.477 e. The molecule has 20 heavy (non-hydrogen) atoms. The Bertz CT molecular complexity index is 679. The van der Waals surface area contributed by atoms with Gasteiger partial charge in [-0.1, -0.05) is 6.07 Å². The summed E-state index contributed by atoms with van der Waals surface area (Å²) in [5.41, 5.74) is -0.0978. The Morgan fingerprint density at radius 3 is 2.90 bits per heavy atom. The van der Waals surface area contributed by atoms with E-state index >= 15 is 0 Å². The molecule has 2 unspecified atom stereocenters. The fourth-order valence-electron chi connectivity index (χ4n) is 1.80. The van der Waals surface area contributed by atoms with E-state index in [1.54, 1.807) is 31.2 Å². The molecule has 0 bridgehead atoms. The molecular weight excluding hydrogens is 297 g/mol. The Morgan fingerprint density at radius 1 is 1.55 bits per heavy atom. The van der Waals surface area contributed by atoms with Crippen LogP contribution in [-0.4, -0.2) is 22.6 Å². The zero-order valence-electron chi connectivity index (χ0n) is 10.6. The van der Waals surface area contributed by atoms with Gasteiger partial charge < -0.3 is 14.5 Å². The van der Waals surface area contributed by atoms with Gasteiger partial charge in [-0.25, -0.2) is 4.79 Å². The van der Waals surface area contributed by atoms with E-state index in [1.165, 1.54) is 11.3 Å². The number of hydrogen-bond acceptors (Lipinski definition) is 5. The van der Waals surface area contributed by atoms with Crippen molar-refractivity contribution in [2.24, 2.45) is 0 Å². The second-order valence-electron chi connectivity index (χ2n) is 3.97. The van der Waals surface area contributed by atoms with Gasteiger partial charge in [-0.2, -0.15) is 5.26 Å². The van der Waals surface area contributed by atoms with Crippen LogP contribution in [0.15, 0.2) is 24.3 Å². The van der Waals surface area contributed by atoms with Crippen LogP contribution in [0.1, 0.15) is 27.8 Å². The number of nitriles is 1. The molecule has 7 heteroatoms. The number of benzene rings is 1. The van der Waals surface area contributed by atoms with Crippen LogP contribution in [0.5, 0.6) is 0 Å². The molecule has 1 aromatic carbocycles. The average molecular weight is 309 g/mol. The standard InChI is InChI=1S/C13H12NO4PS/c1-2-18-19(17)10(7-14)8-3-4-11-9(5-8)6-12(20-11)13(15)16/h3-6,10,17H,2H2,1H3,(H,15,16). The molecule has 2 aromatic rings. The smallest absolute Gasteiger partial charge is 0.345 e. The lowest BCUT2D eigenvalue weighted by molar-refractivity contribution is 0.0702. The fraction of sp³-hybridized carbons (Fsp3) is 0.231. The second-order valence-corrected chi connectivity index (χ2v) is 6.43. The Balaban J connectivity index is 2.39. The number of nitrogens with zero attached hydrogens (tertiary/aromatic N) is 1. The molecule has 2 rings (SSSR count). The molecule has 0 saturated carbocycles. The molecule has 1 aromatic heterocycles. The van der Waals surface area contributed by atoms with Gasteiger partial charge in [0.25, 0.3) is 0 Å². The molecule has 0 spiro atoms. The summed E-state index contributed by atoms with van der Waals surface area (Å²) in [6, 6.07) is 8.83. The summed E-state index contributed by atoms with van der Waals surface area (Å²) in [5.74, 6) is -0.969. The number of thiophene rings is 1. The first-order chi connectivity index (χ1) is 9.56. The first-order valence-corrected chi connectivity index (χ1v) is 7.94. The van der Waals surface area contributed by atoms with Crippen LogP contribution in [0.25, 0.3) is 10.1 Å². The highest BCUT2D eigenvalue weighted by Crippen LogP contribution is 2.48. The minimum absolute atomic E-state index is 0.252. The van der Waals surface area contributed by atoms with Crippen LogP contribution < -0.4 is 0 Å². The number of aromatic carboxylic acids is 1. The van der Waals surface area contributed by atoms with Gasteiger partial charge in [0, 0.05) is 4.70 Å². The molecular formula is C13H12NO4PS. The fourth-order valence-corrected chi connectivity index (χ4v) is 3.61. The van der Waals surface area contributed by atoms with Crippen LogP contribution >= 0.6 is 19.7 Å². The topological polar surface area (TPSA) is 90.5 Å². The number of rotatable bonds is 5. The number of hydrogen-bond donors (Lipinski definition) is 2. The minimum Gasteiger partial charge on any atom is -0.477 e. The van der Waals surface area contributed by atoms with Crippen molar-refractivity contribution in [3.63, 3.8) is 0 Å². The van der Waals surface area contributed by atoms with E-state index in [-0.39, 0.29) is 4.88 Å². The van der Waals surface area contributed by atoms with Crippen molar-refractivity contribution in [3.05, 3.63) is 34.7 Å². The van der Waals surface area contributed by atoms with E-state index in [0.717, 1.165) is 10.1 Å². The normalized spacial score (nSPS) is 13.8. The summed E-state index contributed by atoms with van der Waals surface area (Å²) in [6.45, 7) is 2.09. The van der Waals surface area contributed by atoms with E-state index in [1.807, 2.05) is 6.07 Å². The van der Waals surface area contributed by atoms with Crippen LogP contribution in [0.4, 0.5) is 0 Å². The molecule has 5 nitrogen and oxygen atoms in total. The van der Waals surface area contributed by atoms with Gasteiger partial charge in [-0.05, 0) is 36.1 Å². The van der Waals surface area contributed by atoms with Gasteiger partial charge in [0.1, 0.15) is 10.5 Å². The van der Waals surface area contributed by atoms with Crippen molar-refractivity contribution in [1.29, 1.82) is 5.26 Å². The van der Waals surface area contributed by atoms with Gasteiger partial charge in [0.15, 0.2) is 8.38 Å². The number of carbonyl (C=O) groups is 1. The lowest BCUT2D eigenvalue weighted by Gasteiger charge is -2.15. The quantitative estimate of drug-likeness (QED) is 0.825. The number of carboxylic acid groups (broad SMARTS) is 1. The van der Waals surface area contributed by atoms with Gasteiger partial charge in [0.05, 0.1) is 12.7 Å². The molecule has 104 valence electrons. The van der Waals surface area contributed by atoms with Gasteiger partial charge in [-0.3, -0.25) is 0 Å². The van der Waals surface area contributed by atoms with E-state index in [0.29, 0.717) is 12.2 Å². The van der Waals surface area contributed by atoms with E-state index in [2.05, 4.69) is 0 Å². The highest BCUT2D eigenvalue weighted by atomic mass is 32.1. The van der Waals surface area contributed by atoms with Crippen LogP contribution in [0.3, 0.4) is 0 Å². The predicted molar refractivity (Wildman–Crippen MR) is 77.9 cm³/mol. The molecule has 0 amide bonds. The summed E-state index contributed by atoms with van der Waals surface area (Å²) in [7, 11) is -1.86. The molecule has 1 heterocycles. The predicted octanol–water partition coefficient (Wildman–Crippen LogP) is 3.50. The third-order valence-electron chi connectivity index (χ3n) is 2.67. The maximum atomic E-state index is 10.9. The number of fused-ring (bicyclic) bond motifs is 1. The van der Waals surface area contributed by atoms with E-state index < -0.39 is 20.0 Å². The van der Waals surface area contributed by atoms with E-state index in [9.17, 15) is 14.9 Å². The maximum absolute atomic E-state index is 10.9. The Labute approximate surface area is 121 Å². The first-order valence-electron chi connectivity index (χ1n) is 5.84. The first kappa shape index (κ1) is 14.9. The zero-order chi connectivity index (χ0) is 14.7. The van der Waals surface area contributed by atoms with Gasteiger partial charge >= 0.3 is 5.97 Å². The summed E-state index contributed by atoms with van der Waals surface area (Å²) >= 11 is 1.18. The lowest BCUT2D eigenvalue weighted by Crippen LogP contribution is -1.96. The van der Waals surface area contributed by atoms with Crippen molar-refractivity contribution in [2.75, 3.05) is 6.61 Å². The SMILES string of the molecule is CCOP(O)C(C#N)c1ccc2sc(C(=O)O)cc2c1. The summed E-state index contributed by atoms with van der Waals surface area (Å²) < 4.78 is 5.95. The Kier molecular flexibility index (Phi) is 4.69. The third kappa shape index (κ3) is 2.97. The molecule has 0 aliphatic carbocycles. The van der Waals surface area contributed by atoms with Crippen LogP contribution in [0.2, 0.25) is 0 Å². The minimum atomic E-state index is -1.86. The Morgan fingerprint density at radius 2 is 2.30 bits per heavy atom. The highest BCUT2D eigenvalue weighted by Gasteiger charge is 2.23. The molecule has 2 atom stereocenters. The van der Waals surface area contributed by atoms with Gasteiger partial charge in [0.2, 0.25) is 0 Å². The van der Waals surface area contributed by atoms with Crippen molar-refractivity contribution < 1.29 is 19.3 Å². The molecule has 0 radical (unpaired) electrons. The zero-order valence-corrected chi connectivity index (χ0v) is 12.3. The van der Waals surface area contributed by atoms with Crippen molar-refractivity contribution in [3.8, 4) is 6.07 Å². The van der Waals surface area contributed by atoms with Crippen LogP contribution in [0, 0.1) is 11.3 Å². The summed E-state index contributed by atoms with van der Waals surface area (Å²) in [6.07, 6.45) is 0. The summed E-state index contributed by atoms with van der Waals surface area (Å²) in [5, 5.41) is 18.9. The van der Waals surface area contributed by atoms with Crippen molar-refractivity contribution >= 4 is 35.8 Å². The highest BCUT2D eigenvalue weighted by molar-refractivity contribution is 7.47. The molecule has 0 saturated heterocycles. The third-order valence-corrected chi connectivity index (χ3v) is 5.15. The Hall–Kier alpha value is -1.51. The molecule has 0 fully saturated rings. The average Bonchev–Trinajstić information content (AvgIpc) is 2.83. The molecule has 2 N–H and O–H groups in total. The maximum Gasteiger partial charge on any atom is 0.345 e. The van der Waals surface area contributed by atoms with E-state index in [4.69, 9.17) is 9.63 Å². The summed E-state index contributed by atoms with van der Waals surface area (Å²) in [4.78, 5) is 21.0. The second kappa shape index (κ2) is 6.29. The van der Waals surface area contributed by atoms with Crippen molar-refractivity contribution in [2.45, 2.75) is 12.6 Å². The molecule has 0 aliphatic rings. The monoisotopic (exact) mass is 309 g/mol. The van der Waals surface area contributed by atoms with Gasteiger partial charge in [-0.15, -0.1) is 11.3 Å². The lowest BCUT2D eigenvalue weighted by atomic mass is 10.1. The van der Waals surface area contributed by atoms with Crippen LogP contribution in [-0.2, 0) is 4.52 Å². The number of carboxylic acids is 1.